The minimum atomic E-state index is -0.120. The van der Waals surface area contributed by atoms with Gasteiger partial charge in [-0.05, 0) is 50.5 Å². The summed E-state index contributed by atoms with van der Waals surface area (Å²) in [4.78, 5) is 13.2. The summed E-state index contributed by atoms with van der Waals surface area (Å²) >= 11 is 0. The van der Waals surface area contributed by atoms with Crippen molar-refractivity contribution in [2.24, 2.45) is 10.8 Å². The van der Waals surface area contributed by atoms with E-state index in [2.05, 4.69) is 20.4 Å². The van der Waals surface area contributed by atoms with E-state index in [1.165, 1.54) is 81.8 Å². The molecule has 2 bridgehead atoms. The van der Waals surface area contributed by atoms with Crippen LogP contribution in [0, 0.1) is 10.8 Å². The van der Waals surface area contributed by atoms with Gasteiger partial charge in [-0.3, -0.25) is 4.79 Å². The van der Waals surface area contributed by atoms with Crippen LogP contribution in [0.15, 0.2) is 23.3 Å². The maximum absolute atomic E-state index is 13.2. The highest BCUT2D eigenvalue weighted by atomic mass is 16.1. The predicted molar refractivity (Wildman–Crippen MR) is 107 cm³/mol. The zero-order valence-electron chi connectivity index (χ0n) is 16.7. The molecule has 0 aromatic rings. The van der Waals surface area contributed by atoms with E-state index >= 15 is 0 Å². The average molecular weight is 343 g/mol. The minimum Gasteiger partial charge on any atom is -0.299 e. The average Bonchev–Trinajstić information content (AvgIpc) is 3.19. The Balaban J connectivity index is 1.78. The SMILES string of the molecule is C=C(CCCCCC)C1=C2CCC[C@]23CC(=O)[C@]1(CCCCCC)C3. The van der Waals surface area contributed by atoms with Crippen molar-refractivity contribution in [3.63, 3.8) is 0 Å². The van der Waals surface area contributed by atoms with Crippen LogP contribution in [-0.2, 0) is 4.79 Å². The van der Waals surface area contributed by atoms with Crippen LogP contribution < -0.4 is 0 Å². The summed E-state index contributed by atoms with van der Waals surface area (Å²) in [5.74, 6) is 0.569. The van der Waals surface area contributed by atoms with Gasteiger partial charge in [0.15, 0.2) is 0 Å². The molecule has 0 aromatic carbocycles. The van der Waals surface area contributed by atoms with Gasteiger partial charge in [0.2, 0.25) is 0 Å². The zero-order valence-corrected chi connectivity index (χ0v) is 16.7. The lowest BCUT2D eigenvalue weighted by Crippen LogP contribution is -2.30. The van der Waals surface area contributed by atoms with Crippen LogP contribution >= 0.6 is 0 Å². The first kappa shape index (κ1) is 18.9. The first-order chi connectivity index (χ1) is 12.1. The highest BCUT2D eigenvalue weighted by molar-refractivity contribution is 5.95. The molecule has 25 heavy (non-hydrogen) atoms. The molecule has 2 saturated carbocycles. The second-order valence-electron chi connectivity index (χ2n) is 9.07. The number of hydrogen-bond donors (Lipinski definition) is 0. The Bertz CT molecular complexity index is 554. The van der Waals surface area contributed by atoms with Crippen LogP contribution in [0.4, 0.5) is 0 Å². The Morgan fingerprint density at radius 1 is 1.04 bits per heavy atom. The fraction of sp³-hybridized carbons (Fsp3) is 0.792. The van der Waals surface area contributed by atoms with Gasteiger partial charge in [-0.2, -0.15) is 0 Å². The van der Waals surface area contributed by atoms with Gasteiger partial charge in [-0.1, -0.05) is 76.5 Å². The van der Waals surface area contributed by atoms with Crippen molar-refractivity contribution in [2.75, 3.05) is 0 Å². The van der Waals surface area contributed by atoms with E-state index in [-0.39, 0.29) is 10.8 Å². The van der Waals surface area contributed by atoms with Crippen molar-refractivity contribution in [3.05, 3.63) is 23.3 Å². The molecule has 0 unspecified atom stereocenters. The largest absolute Gasteiger partial charge is 0.299 e. The van der Waals surface area contributed by atoms with Gasteiger partial charge in [0.25, 0.3) is 0 Å². The molecule has 0 aromatic heterocycles. The van der Waals surface area contributed by atoms with Crippen LogP contribution in [0.25, 0.3) is 0 Å². The number of rotatable bonds is 11. The fourth-order valence-electron chi connectivity index (χ4n) is 6.18. The molecular formula is C24H38O. The molecule has 0 N–H and O–H groups in total. The number of Topliss-reactive ketones (excluding diaryl/α,β-unsaturated/α-hetero) is 1. The number of unbranched alkanes of at least 4 members (excludes halogenated alkanes) is 6. The molecule has 0 amide bonds. The molecule has 2 fully saturated rings. The summed E-state index contributed by atoms with van der Waals surface area (Å²) < 4.78 is 0. The highest BCUT2D eigenvalue weighted by Gasteiger charge is 2.64. The number of carbonyl (C=O) groups is 1. The van der Waals surface area contributed by atoms with Crippen LogP contribution in [0.5, 0.6) is 0 Å². The molecule has 1 spiro atoms. The van der Waals surface area contributed by atoms with Crippen molar-refractivity contribution in [3.8, 4) is 0 Å². The van der Waals surface area contributed by atoms with Gasteiger partial charge in [0.1, 0.15) is 5.78 Å². The van der Waals surface area contributed by atoms with E-state index in [4.69, 9.17) is 0 Å². The van der Waals surface area contributed by atoms with Gasteiger partial charge in [-0.25, -0.2) is 0 Å². The molecule has 0 heterocycles. The van der Waals surface area contributed by atoms with Crippen LogP contribution in [-0.4, -0.2) is 5.78 Å². The standard InChI is InChI=1S/C24H38O/c1-4-6-8-10-13-19(3)22-20-14-12-15-23(20)17-21(25)24(22,18-23)16-11-9-7-5-2/h3-18H2,1-2H3/t23-,24+/m1/s1. The molecular weight excluding hydrogens is 304 g/mol. The molecule has 3 rings (SSSR count). The van der Waals surface area contributed by atoms with Crippen LogP contribution in [0.3, 0.4) is 0 Å². The quantitative estimate of drug-likeness (QED) is 0.360. The summed E-state index contributed by atoms with van der Waals surface area (Å²) in [6.07, 6.45) is 18.2. The van der Waals surface area contributed by atoms with Crippen molar-refractivity contribution >= 4 is 5.78 Å². The summed E-state index contributed by atoms with van der Waals surface area (Å²) in [5, 5.41) is 0. The smallest absolute Gasteiger partial charge is 0.144 e. The molecule has 3 aliphatic carbocycles. The third-order valence-corrected chi connectivity index (χ3v) is 7.32. The van der Waals surface area contributed by atoms with Gasteiger partial charge >= 0.3 is 0 Å². The molecule has 0 saturated heterocycles. The maximum atomic E-state index is 13.2. The first-order valence-corrected chi connectivity index (χ1v) is 11.1. The third kappa shape index (κ3) is 3.28. The van der Waals surface area contributed by atoms with Gasteiger partial charge in [0, 0.05) is 11.8 Å². The molecule has 140 valence electrons. The van der Waals surface area contributed by atoms with Crippen molar-refractivity contribution in [1.29, 1.82) is 0 Å². The summed E-state index contributed by atoms with van der Waals surface area (Å²) in [6, 6.07) is 0. The molecule has 0 aliphatic heterocycles. The number of fused-ring (bicyclic) bond motifs is 1. The Labute approximate surface area is 155 Å². The van der Waals surface area contributed by atoms with Gasteiger partial charge in [0.05, 0.1) is 5.41 Å². The number of allylic oxidation sites excluding steroid dienone is 3. The first-order valence-electron chi connectivity index (χ1n) is 11.1. The zero-order chi connectivity index (χ0) is 17.9. The Morgan fingerprint density at radius 3 is 2.48 bits per heavy atom. The Morgan fingerprint density at radius 2 is 1.76 bits per heavy atom. The molecule has 0 radical (unpaired) electrons. The topological polar surface area (TPSA) is 17.1 Å². The Kier molecular flexibility index (Phi) is 5.91. The maximum Gasteiger partial charge on any atom is 0.144 e. The van der Waals surface area contributed by atoms with E-state index in [0.29, 0.717) is 5.78 Å². The normalized spacial score (nSPS) is 30.4. The van der Waals surface area contributed by atoms with Crippen molar-refractivity contribution in [1.82, 2.24) is 0 Å². The number of hydrogen-bond acceptors (Lipinski definition) is 1. The lowest BCUT2D eigenvalue weighted by atomic mass is 9.70. The molecule has 3 aliphatic rings. The summed E-state index contributed by atoms with van der Waals surface area (Å²) in [5.41, 5.74) is 4.64. The number of ketones is 1. The molecule has 1 nitrogen and oxygen atoms in total. The Hall–Kier alpha value is -0.850. The van der Waals surface area contributed by atoms with Gasteiger partial charge < -0.3 is 0 Å². The van der Waals surface area contributed by atoms with Crippen LogP contribution in [0.1, 0.15) is 110 Å². The monoisotopic (exact) mass is 342 g/mol. The van der Waals surface area contributed by atoms with E-state index in [1.807, 2.05) is 0 Å². The second kappa shape index (κ2) is 7.80. The third-order valence-electron chi connectivity index (χ3n) is 7.32. The van der Waals surface area contributed by atoms with E-state index in [0.717, 1.165) is 25.7 Å². The van der Waals surface area contributed by atoms with Crippen molar-refractivity contribution < 1.29 is 4.79 Å². The summed E-state index contributed by atoms with van der Waals surface area (Å²) in [7, 11) is 0. The molecule has 2 atom stereocenters. The van der Waals surface area contributed by atoms with E-state index in [1.54, 1.807) is 5.57 Å². The lowest BCUT2D eigenvalue weighted by Gasteiger charge is -2.32. The molecule has 1 heteroatoms. The fourth-order valence-corrected chi connectivity index (χ4v) is 6.18. The number of carbonyl (C=O) groups excluding carboxylic acids is 1. The highest BCUT2D eigenvalue weighted by Crippen LogP contribution is 2.70. The predicted octanol–water partition coefficient (Wildman–Crippen LogP) is 7.31. The van der Waals surface area contributed by atoms with Crippen molar-refractivity contribution in [2.45, 2.75) is 110 Å². The van der Waals surface area contributed by atoms with E-state index in [9.17, 15) is 4.79 Å². The van der Waals surface area contributed by atoms with Crippen LogP contribution in [0.2, 0.25) is 0 Å². The summed E-state index contributed by atoms with van der Waals surface area (Å²) in [6.45, 7) is 9.05. The lowest BCUT2D eigenvalue weighted by molar-refractivity contribution is -0.124. The van der Waals surface area contributed by atoms with E-state index < -0.39 is 0 Å². The minimum absolute atomic E-state index is 0.120. The van der Waals surface area contributed by atoms with Gasteiger partial charge in [-0.15, -0.1) is 0 Å². The second-order valence-corrected chi connectivity index (χ2v) is 9.07.